The van der Waals surface area contributed by atoms with Crippen molar-refractivity contribution in [3.05, 3.63) is 66.0 Å². The third-order valence-corrected chi connectivity index (χ3v) is 4.91. The van der Waals surface area contributed by atoms with Gasteiger partial charge in [0.05, 0.1) is 23.1 Å². The fourth-order valence-electron chi connectivity index (χ4n) is 3.20. The predicted molar refractivity (Wildman–Crippen MR) is 123 cm³/mol. The minimum atomic E-state index is -0.0636. The quantitative estimate of drug-likeness (QED) is 0.461. The number of carbonyl (C=O) groups is 1. The lowest BCUT2D eigenvalue weighted by Gasteiger charge is -2.10. The van der Waals surface area contributed by atoms with E-state index in [-0.39, 0.29) is 11.8 Å². The molecule has 2 N–H and O–H groups in total. The molecule has 4 aromatic rings. The van der Waals surface area contributed by atoms with Crippen molar-refractivity contribution >= 4 is 5.91 Å². The van der Waals surface area contributed by atoms with E-state index in [0.29, 0.717) is 53.0 Å². The number of nitrogens with zero attached hydrogens (tertiary/aromatic N) is 5. The molecule has 168 valence electrons. The molecule has 2 aromatic heterocycles. The van der Waals surface area contributed by atoms with E-state index in [0.717, 1.165) is 5.56 Å². The van der Waals surface area contributed by atoms with Crippen molar-refractivity contribution in [2.24, 2.45) is 5.73 Å². The van der Waals surface area contributed by atoms with Crippen LogP contribution in [0.15, 0.2) is 59.1 Å². The van der Waals surface area contributed by atoms with Crippen LogP contribution < -0.4 is 10.5 Å². The molecule has 0 radical (unpaired) electrons. The van der Waals surface area contributed by atoms with Gasteiger partial charge in [-0.05, 0) is 31.2 Å². The Kier molecular flexibility index (Phi) is 6.41. The van der Waals surface area contributed by atoms with Crippen molar-refractivity contribution in [2.45, 2.75) is 6.92 Å². The lowest BCUT2D eigenvalue weighted by atomic mass is 10.1. The predicted octanol–water partition coefficient (Wildman–Crippen LogP) is 3.21. The molecule has 0 atom stereocenters. The molecule has 0 bridgehead atoms. The smallest absolute Gasteiger partial charge is 0.268 e. The highest BCUT2D eigenvalue weighted by atomic mass is 16.5. The number of para-hydroxylation sites is 1. The molecule has 0 aliphatic rings. The zero-order valence-electron chi connectivity index (χ0n) is 18.6. The molecule has 0 spiro atoms. The Bertz CT molecular complexity index is 1270. The van der Waals surface area contributed by atoms with Gasteiger partial charge in [-0.2, -0.15) is 0 Å². The molecule has 0 fully saturated rings. The Labute approximate surface area is 191 Å². The summed E-state index contributed by atoms with van der Waals surface area (Å²) in [6.45, 7) is 2.60. The second kappa shape index (κ2) is 9.58. The Morgan fingerprint density at radius 3 is 2.52 bits per heavy atom. The maximum Gasteiger partial charge on any atom is 0.268 e. The number of hydrogen-bond donors (Lipinski definition) is 1. The Balaban J connectivity index is 1.65. The molecule has 33 heavy (non-hydrogen) atoms. The summed E-state index contributed by atoms with van der Waals surface area (Å²) < 4.78 is 11.6. The highest BCUT2D eigenvalue weighted by Gasteiger charge is 2.18. The fraction of sp³-hybridized carbons (Fsp3) is 0.208. The number of aromatic nitrogens is 4. The average molecular weight is 444 g/mol. The molecule has 2 aromatic carbocycles. The van der Waals surface area contributed by atoms with E-state index in [2.05, 4.69) is 15.2 Å². The fourth-order valence-corrected chi connectivity index (χ4v) is 3.20. The summed E-state index contributed by atoms with van der Waals surface area (Å²) >= 11 is 0. The van der Waals surface area contributed by atoms with Crippen LogP contribution in [0.2, 0.25) is 0 Å². The van der Waals surface area contributed by atoms with Gasteiger partial charge in [0, 0.05) is 31.8 Å². The van der Waals surface area contributed by atoms with Crippen LogP contribution in [0.4, 0.5) is 0 Å². The van der Waals surface area contributed by atoms with Crippen LogP contribution in [0.25, 0.3) is 34.3 Å². The Hall–Kier alpha value is -4.11. The van der Waals surface area contributed by atoms with Gasteiger partial charge in [0.15, 0.2) is 0 Å². The van der Waals surface area contributed by atoms with Gasteiger partial charge in [0.1, 0.15) is 18.1 Å². The minimum absolute atomic E-state index is 0.0636. The van der Waals surface area contributed by atoms with Crippen molar-refractivity contribution in [1.29, 1.82) is 0 Å². The van der Waals surface area contributed by atoms with Crippen LogP contribution in [0.3, 0.4) is 0 Å². The number of aryl methyl sites for hydroxylation is 1. The van der Waals surface area contributed by atoms with Crippen LogP contribution in [0.5, 0.6) is 5.75 Å². The number of benzene rings is 2. The summed E-state index contributed by atoms with van der Waals surface area (Å²) in [5.74, 6) is 1.12. The second-order valence-corrected chi connectivity index (χ2v) is 7.51. The summed E-state index contributed by atoms with van der Waals surface area (Å²) in [6.07, 6.45) is 1.68. The third-order valence-electron chi connectivity index (χ3n) is 4.91. The van der Waals surface area contributed by atoms with Crippen LogP contribution in [0.1, 0.15) is 16.1 Å². The van der Waals surface area contributed by atoms with Crippen LogP contribution in [-0.2, 0) is 0 Å². The first-order valence-corrected chi connectivity index (χ1v) is 10.4. The zero-order valence-corrected chi connectivity index (χ0v) is 18.6. The zero-order chi connectivity index (χ0) is 23.4. The number of nitrogens with two attached hydrogens (primary N) is 1. The highest BCUT2D eigenvalue weighted by molar-refractivity contribution is 5.94. The number of amides is 1. The van der Waals surface area contributed by atoms with Gasteiger partial charge in [-0.15, -0.1) is 10.2 Å². The van der Waals surface area contributed by atoms with E-state index in [1.54, 1.807) is 32.4 Å². The molecular formula is C24H24N6O3. The van der Waals surface area contributed by atoms with E-state index in [4.69, 9.17) is 19.9 Å². The molecule has 0 saturated carbocycles. The van der Waals surface area contributed by atoms with Gasteiger partial charge >= 0.3 is 0 Å². The number of carbonyl (C=O) groups excluding carboxylic acids is 1. The molecule has 9 heteroatoms. The van der Waals surface area contributed by atoms with E-state index >= 15 is 0 Å². The molecular weight excluding hydrogens is 420 g/mol. The van der Waals surface area contributed by atoms with Gasteiger partial charge in [-0.3, -0.25) is 9.78 Å². The van der Waals surface area contributed by atoms with Crippen molar-refractivity contribution in [2.75, 3.05) is 27.2 Å². The van der Waals surface area contributed by atoms with Crippen molar-refractivity contribution in [3.8, 4) is 40.0 Å². The van der Waals surface area contributed by atoms with Crippen LogP contribution in [-0.4, -0.2) is 58.2 Å². The van der Waals surface area contributed by atoms with Gasteiger partial charge in [-0.1, -0.05) is 24.3 Å². The van der Waals surface area contributed by atoms with Crippen molar-refractivity contribution in [1.82, 2.24) is 25.1 Å². The second-order valence-electron chi connectivity index (χ2n) is 7.51. The molecule has 9 nitrogen and oxygen atoms in total. The summed E-state index contributed by atoms with van der Waals surface area (Å²) in [7, 11) is 3.44. The van der Waals surface area contributed by atoms with Gasteiger partial charge in [-0.25, -0.2) is 4.98 Å². The first-order valence-electron chi connectivity index (χ1n) is 10.4. The number of hydrogen-bond acceptors (Lipinski definition) is 8. The summed E-state index contributed by atoms with van der Waals surface area (Å²) in [4.78, 5) is 22.8. The normalized spacial score (nSPS) is 10.8. The SMILES string of the molecule is Cc1ncc(-c2ccc(C(=O)N(C)C)cc2)nc1-c1nnc(-c2ccccc2OCCN)o1. The highest BCUT2D eigenvalue weighted by Crippen LogP contribution is 2.31. The minimum Gasteiger partial charge on any atom is -0.491 e. The summed E-state index contributed by atoms with van der Waals surface area (Å²) in [5, 5.41) is 8.37. The first-order chi connectivity index (χ1) is 16.0. The third kappa shape index (κ3) is 4.73. The van der Waals surface area contributed by atoms with Gasteiger partial charge < -0.3 is 19.8 Å². The van der Waals surface area contributed by atoms with Crippen molar-refractivity contribution in [3.63, 3.8) is 0 Å². The van der Waals surface area contributed by atoms with E-state index in [9.17, 15) is 4.79 Å². The lowest BCUT2D eigenvalue weighted by Crippen LogP contribution is -2.21. The monoisotopic (exact) mass is 444 g/mol. The largest absolute Gasteiger partial charge is 0.491 e. The molecule has 2 heterocycles. The number of rotatable bonds is 7. The van der Waals surface area contributed by atoms with Gasteiger partial charge in [0.2, 0.25) is 0 Å². The van der Waals surface area contributed by atoms with Crippen LogP contribution >= 0.6 is 0 Å². The molecule has 0 aliphatic heterocycles. The maximum atomic E-state index is 12.1. The van der Waals surface area contributed by atoms with Crippen molar-refractivity contribution < 1.29 is 13.9 Å². The van der Waals surface area contributed by atoms with E-state index in [1.165, 1.54) is 4.90 Å². The average Bonchev–Trinajstić information content (AvgIpc) is 3.32. The molecule has 0 unspecified atom stereocenters. The Morgan fingerprint density at radius 1 is 1.06 bits per heavy atom. The maximum absolute atomic E-state index is 12.1. The molecule has 0 aliphatic carbocycles. The summed E-state index contributed by atoms with van der Waals surface area (Å²) in [5.41, 5.74) is 9.41. The van der Waals surface area contributed by atoms with Crippen LogP contribution in [0, 0.1) is 6.92 Å². The first kappa shape index (κ1) is 22.1. The van der Waals surface area contributed by atoms with Gasteiger partial charge in [0.25, 0.3) is 17.7 Å². The molecule has 1 amide bonds. The lowest BCUT2D eigenvalue weighted by molar-refractivity contribution is 0.0827. The molecule has 4 rings (SSSR count). The topological polar surface area (TPSA) is 120 Å². The number of ether oxygens (including phenoxy) is 1. The Morgan fingerprint density at radius 2 is 1.79 bits per heavy atom. The van der Waals surface area contributed by atoms with E-state index in [1.807, 2.05) is 43.3 Å². The summed E-state index contributed by atoms with van der Waals surface area (Å²) in [6, 6.07) is 14.6. The van der Waals surface area contributed by atoms with E-state index < -0.39 is 0 Å². The molecule has 0 saturated heterocycles. The standard InChI is InChI=1S/C24H24N6O3/c1-15-21(23-29-28-22(33-23)18-6-4-5-7-20(18)32-13-12-25)27-19(14-26-15)16-8-10-17(11-9-16)24(31)30(2)3/h4-11,14H,12-13,25H2,1-3H3.